The number of nitrogens with zero attached hydrogens (tertiary/aromatic N) is 2. The highest BCUT2D eigenvalue weighted by atomic mass is 32.2. The maximum absolute atomic E-state index is 13.1. The van der Waals surface area contributed by atoms with E-state index in [1.165, 1.54) is 18.9 Å². The molecule has 2 aromatic carbocycles. The van der Waals surface area contributed by atoms with E-state index in [1.807, 2.05) is 19.1 Å². The molecule has 8 heteroatoms. The molecule has 3 rings (SSSR count). The number of thioether (sulfide) groups is 1. The normalized spacial score (nSPS) is 12.0. The van der Waals surface area contributed by atoms with Crippen molar-refractivity contribution in [3.05, 3.63) is 58.4 Å². The number of rotatable bonds is 9. The summed E-state index contributed by atoms with van der Waals surface area (Å²) in [5, 5.41) is 1.02. The first-order chi connectivity index (χ1) is 14.5. The van der Waals surface area contributed by atoms with Crippen molar-refractivity contribution < 1.29 is 19.0 Å². The molecule has 3 aromatic rings. The summed E-state index contributed by atoms with van der Waals surface area (Å²) in [5.41, 5.74) is 0.954. The topological polar surface area (TPSA) is 79.7 Å². The molecule has 7 nitrogen and oxygen atoms in total. The minimum absolute atomic E-state index is 0.102. The summed E-state index contributed by atoms with van der Waals surface area (Å²) in [4.78, 5) is 30.5. The third-order valence-corrected chi connectivity index (χ3v) is 5.61. The number of ether oxygens (including phenoxy) is 3. The van der Waals surface area contributed by atoms with Crippen LogP contribution in [0.3, 0.4) is 0 Å². The first-order valence-electron chi connectivity index (χ1n) is 9.38. The van der Waals surface area contributed by atoms with Crippen molar-refractivity contribution in [2.45, 2.75) is 18.1 Å². The van der Waals surface area contributed by atoms with Crippen LogP contribution in [0, 0.1) is 0 Å². The number of benzene rings is 2. The highest BCUT2D eigenvalue weighted by Gasteiger charge is 2.18. The number of fused-ring (bicyclic) bond motifs is 1. The van der Waals surface area contributed by atoms with Crippen LogP contribution in [-0.2, 0) is 4.74 Å². The number of para-hydroxylation sites is 1. The Hall–Kier alpha value is -2.84. The van der Waals surface area contributed by atoms with Gasteiger partial charge in [0, 0.05) is 12.7 Å². The molecular weight excluding hydrogens is 404 g/mol. The summed E-state index contributed by atoms with van der Waals surface area (Å²) in [6.45, 7) is 2.25. The van der Waals surface area contributed by atoms with Gasteiger partial charge in [-0.1, -0.05) is 23.9 Å². The monoisotopic (exact) mass is 428 g/mol. The van der Waals surface area contributed by atoms with Gasteiger partial charge < -0.3 is 14.2 Å². The van der Waals surface area contributed by atoms with Gasteiger partial charge in [0.05, 0.1) is 43.5 Å². The molecule has 0 spiro atoms. The first-order valence-corrected chi connectivity index (χ1v) is 10.4. The van der Waals surface area contributed by atoms with E-state index in [-0.39, 0.29) is 23.1 Å². The van der Waals surface area contributed by atoms with Gasteiger partial charge in [0.15, 0.2) is 22.4 Å². The van der Waals surface area contributed by atoms with E-state index in [0.29, 0.717) is 39.7 Å². The van der Waals surface area contributed by atoms with Crippen molar-refractivity contribution in [3.8, 4) is 11.5 Å². The van der Waals surface area contributed by atoms with Crippen LogP contribution in [0.25, 0.3) is 10.9 Å². The number of hydrogen-bond acceptors (Lipinski definition) is 7. The van der Waals surface area contributed by atoms with Gasteiger partial charge in [-0.2, -0.15) is 0 Å². The lowest BCUT2D eigenvalue weighted by Gasteiger charge is -2.18. The number of Topliss-reactive ketones (excluding diaryl/α,β-unsaturated/α-hetero) is 1. The van der Waals surface area contributed by atoms with Crippen LogP contribution in [0.2, 0.25) is 0 Å². The van der Waals surface area contributed by atoms with E-state index in [2.05, 4.69) is 4.98 Å². The molecule has 158 valence electrons. The lowest BCUT2D eigenvalue weighted by Crippen LogP contribution is -2.28. The predicted octanol–water partition coefficient (Wildman–Crippen LogP) is 3.60. The van der Waals surface area contributed by atoms with Gasteiger partial charge in [-0.3, -0.25) is 14.2 Å². The summed E-state index contributed by atoms with van der Waals surface area (Å²) in [5.74, 6) is 1.07. The van der Waals surface area contributed by atoms with Gasteiger partial charge in [0.1, 0.15) is 0 Å². The Morgan fingerprint density at radius 3 is 2.53 bits per heavy atom. The fourth-order valence-corrected chi connectivity index (χ4v) is 4.15. The molecule has 0 saturated carbocycles. The summed E-state index contributed by atoms with van der Waals surface area (Å²) in [6.07, 6.45) is 0. The Bertz CT molecular complexity index is 1110. The quantitative estimate of drug-likeness (QED) is 0.293. The highest BCUT2D eigenvalue weighted by Crippen LogP contribution is 2.29. The number of ketones is 1. The molecule has 1 unspecified atom stereocenters. The van der Waals surface area contributed by atoms with Crippen LogP contribution in [0.5, 0.6) is 11.5 Å². The van der Waals surface area contributed by atoms with E-state index in [4.69, 9.17) is 14.2 Å². The molecule has 1 heterocycles. The molecule has 0 saturated heterocycles. The summed E-state index contributed by atoms with van der Waals surface area (Å²) in [6, 6.07) is 12.0. The van der Waals surface area contributed by atoms with Crippen molar-refractivity contribution in [1.82, 2.24) is 9.55 Å². The second-order valence-electron chi connectivity index (χ2n) is 6.67. The van der Waals surface area contributed by atoms with Gasteiger partial charge in [0.25, 0.3) is 5.56 Å². The second-order valence-corrected chi connectivity index (χ2v) is 7.62. The van der Waals surface area contributed by atoms with E-state index in [9.17, 15) is 9.59 Å². The summed E-state index contributed by atoms with van der Waals surface area (Å²) < 4.78 is 17.3. The molecule has 1 atom stereocenters. The molecule has 0 aliphatic rings. The molecule has 0 aliphatic heterocycles. The zero-order valence-corrected chi connectivity index (χ0v) is 18.2. The Labute approximate surface area is 179 Å². The van der Waals surface area contributed by atoms with Crippen molar-refractivity contribution >= 4 is 28.4 Å². The maximum atomic E-state index is 13.1. The summed E-state index contributed by atoms with van der Waals surface area (Å²) in [7, 11) is 4.65. The minimum Gasteiger partial charge on any atom is -0.493 e. The molecule has 30 heavy (non-hydrogen) atoms. The van der Waals surface area contributed by atoms with Crippen LogP contribution in [0.1, 0.15) is 23.3 Å². The van der Waals surface area contributed by atoms with Gasteiger partial charge >= 0.3 is 0 Å². The third-order valence-electron chi connectivity index (χ3n) is 4.66. The molecule has 0 aliphatic carbocycles. The van der Waals surface area contributed by atoms with E-state index >= 15 is 0 Å². The predicted molar refractivity (Wildman–Crippen MR) is 117 cm³/mol. The van der Waals surface area contributed by atoms with E-state index in [1.54, 1.807) is 49.1 Å². The zero-order chi connectivity index (χ0) is 21.7. The Morgan fingerprint density at radius 1 is 1.10 bits per heavy atom. The van der Waals surface area contributed by atoms with Crippen molar-refractivity contribution in [3.63, 3.8) is 0 Å². The number of carbonyl (C=O) groups excluding carboxylic acids is 1. The smallest absolute Gasteiger partial charge is 0.262 e. The minimum atomic E-state index is -0.224. The second kappa shape index (κ2) is 9.77. The van der Waals surface area contributed by atoms with Gasteiger partial charge in [0.2, 0.25) is 0 Å². The van der Waals surface area contributed by atoms with Gasteiger partial charge in [-0.15, -0.1) is 0 Å². The lowest BCUT2D eigenvalue weighted by atomic mass is 10.1. The van der Waals surface area contributed by atoms with E-state index in [0.717, 1.165) is 0 Å². The van der Waals surface area contributed by atoms with Gasteiger partial charge in [-0.05, 0) is 37.3 Å². The van der Waals surface area contributed by atoms with E-state index < -0.39 is 0 Å². The Kier molecular flexibility index (Phi) is 7.12. The van der Waals surface area contributed by atoms with Crippen LogP contribution < -0.4 is 15.0 Å². The van der Waals surface area contributed by atoms with Crippen LogP contribution in [0.15, 0.2) is 52.4 Å². The van der Waals surface area contributed by atoms with Crippen molar-refractivity contribution in [1.29, 1.82) is 0 Å². The standard InChI is InChI=1S/C22H24N2O5S/c1-14(12-27-2)24-21(26)16-7-5-6-8-17(16)23-22(24)30-13-18(25)15-9-10-19(28-3)20(11-15)29-4/h5-11,14H,12-13H2,1-4H3. The molecule has 0 amide bonds. The number of aromatic nitrogens is 2. The zero-order valence-electron chi connectivity index (χ0n) is 17.4. The molecule has 1 aromatic heterocycles. The highest BCUT2D eigenvalue weighted by molar-refractivity contribution is 7.99. The summed E-state index contributed by atoms with van der Waals surface area (Å²) >= 11 is 1.23. The molecule has 0 N–H and O–H groups in total. The average Bonchev–Trinajstić information content (AvgIpc) is 2.77. The fraction of sp³-hybridized carbons (Fsp3) is 0.318. The largest absolute Gasteiger partial charge is 0.493 e. The number of carbonyl (C=O) groups is 1. The molecule has 0 fully saturated rings. The third kappa shape index (κ3) is 4.49. The Balaban J connectivity index is 1.92. The van der Waals surface area contributed by atoms with Crippen LogP contribution in [0.4, 0.5) is 0 Å². The SMILES string of the molecule is COCC(C)n1c(SCC(=O)c2ccc(OC)c(OC)c2)nc2ccccc2c1=O. The number of hydrogen-bond donors (Lipinski definition) is 0. The lowest BCUT2D eigenvalue weighted by molar-refractivity contribution is 0.102. The Morgan fingerprint density at radius 2 is 1.83 bits per heavy atom. The van der Waals surface area contributed by atoms with Crippen LogP contribution in [-0.4, -0.2) is 49.0 Å². The molecular formula is C22H24N2O5S. The van der Waals surface area contributed by atoms with Crippen LogP contribution >= 0.6 is 11.8 Å². The van der Waals surface area contributed by atoms with Crippen molar-refractivity contribution in [2.24, 2.45) is 0 Å². The fourth-order valence-electron chi connectivity index (χ4n) is 3.15. The van der Waals surface area contributed by atoms with Gasteiger partial charge in [-0.25, -0.2) is 4.98 Å². The number of methoxy groups -OCH3 is 3. The molecule has 0 radical (unpaired) electrons. The van der Waals surface area contributed by atoms with Crippen molar-refractivity contribution in [2.75, 3.05) is 33.7 Å². The first kappa shape index (κ1) is 21.9. The molecule has 0 bridgehead atoms. The maximum Gasteiger partial charge on any atom is 0.262 e. The average molecular weight is 429 g/mol.